The summed E-state index contributed by atoms with van der Waals surface area (Å²) in [4.78, 5) is 24.6. The topological polar surface area (TPSA) is 170 Å². The Morgan fingerprint density at radius 3 is 2.38 bits per heavy atom. The summed E-state index contributed by atoms with van der Waals surface area (Å²) in [5.74, 6) is -1.57. The molecule has 1 aliphatic rings. The number of rotatable bonds is 4. The number of aliphatic hydroxyl groups excluding tert-OH is 1. The highest BCUT2D eigenvalue weighted by atomic mass is 16.6. The highest BCUT2D eigenvalue weighted by Gasteiger charge is 2.29. The lowest BCUT2D eigenvalue weighted by Gasteiger charge is -2.28. The molecule has 1 aliphatic heterocycles. The summed E-state index contributed by atoms with van der Waals surface area (Å²) in [6.07, 6.45) is 3.94. The lowest BCUT2D eigenvalue weighted by Crippen LogP contribution is -2.36. The largest absolute Gasteiger partial charge is 0.505 e. The summed E-state index contributed by atoms with van der Waals surface area (Å²) < 4.78 is 21.8. The van der Waals surface area contributed by atoms with Gasteiger partial charge in [0.05, 0.1) is 30.6 Å². The standard InChI is InChI=1S/C29H40N2O9/c1-15-11-19-25(34)20(14-21(32)27(19)39-7)31-28(35)16(2)9-8-10-22(37-5)26(40-29(30)36)18(4)13-17(3)24(33)23(12-15)38-6/h8-11,13-14,17,22-24,26,32-34H,12H2,1-7H3,(H2,30,36)(H,31,35)/b10-8-,15-11-,16-9+,18-13?/t17-,22-,23-,24+,26-/m0/s1. The van der Waals surface area contributed by atoms with Gasteiger partial charge in [0.2, 0.25) is 0 Å². The van der Waals surface area contributed by atoms with Gasteiger partial charge >= 0.3 is 6.09 Å². The monoisotopic (exact) mass is 560 g/mol. The summed E-state index contributed by atoms with van der Waals surface area (Å²) in [6.45, 7) is 6.86. The number of anilines is 1. The van der Waals surface area contributed by atoms with Gasteiger partial charge in [-0.1, -0.05) is 36.8 Å². The normalized spacial score (nSPS) is 28.2. The van der Waals surface area contributed by atoms with Crippen molar-refractivity contribution in [3.63, 3.8) is 0 Å². The van der Waals surface area contributed by atoms with Crippen LogP contribution in [0.5, 0.6) is 17.2 Å². The molecule has 0 fully saturated rings. The van der Waals surface area contributed by atoms with Crippen molar-refractivity contribution in [1.82, 2.24) is 0 Å². The van der Waals surface area contributed by atoms with Crippen LogP contribution >= 0.6 is 0 Å². The van der Waals surface area contributed by atoms with Crippen LogP contribution in [0, 0.1) is 5.92 Å². The second kappa shape index (κ2) is 14.5. The van der Waals surface area contributed by atoms with Gasteiger partial charge in [0, 0.05) is 31.8 Å². The summed E-state index contributed by atoms with van der Waals surface area (Å²) in [5, 5.41) is 35.3. The number of hydrogen-bond donors (Lipinski definition) is 5. The number of allylic oxidation sites excluding steroid dienone is 2. The van der Waals surface area contributed by atoms with Crippen molar-refractivity contribution < 1.29 is 43.9 Å². The number of nitrogens with one attached hydrogen (secondary N) is 1. The number of aliphatic hydroxyl groups is 1. The Labute approximate surface area is 234 Å². The van der Waals surface area contributed by atoms with Gasteiger partial charge in [-0.3, -0.25) is 4.79 Å². The van der Waals surface area contributed by atoms with Crippen molar-refractivity contribution in [3.05, 3.63) is 52.7 Å². The average Bonchev–Trinajstić information content (AvgIpc) is 2.90. The second-order valence-electron chi connectivity index (χ2n) is 9.71. The van der Waals surface area contributed by atoms with E-state index in [0.717, 1.165) is 0 Å². The number of phenolic OH excluding ortho intramolecular Hbond substituents is 2. The van der Waals surface area contributed by atoms with E-state index in [9.17, 15) is 24.9 Å². The molecule has 0 radical (unpaired) electrons. The van der Waals surface area contributed by atoms with E-state index in [-0.39, 0.29) is 40.5 Å². The minimum absolute atomic E-state index is 0.0171. The molecule has 0 saturated carbocycles. The predicted octanol–water partition coefficient (Wildman–Crippen LogP) is 3.79. The van der Waals surface area contributed by atoms with Crippen molar-refractivity contribution >= 4 is 23.8 Å². The first kappa shape index (κ1) is 32.4. The number of phenols is 2. The molecule has 2 bridgehead atoms. The van der Waals surface area contributed by atoms with Crippen LogP contribution < -0.4 is 15.8 Å². The number of hydrogen-bond acceptors (Lipinski definition) is 9. The van der Waals surface area contributed by atoms with Gasteiger partial charge in [0.15, 0.2) is 17.6 Å². The molecule has 40 heavy (non-hydrogen) atoms. The van der Waals surface area contributed by atoms with Crippen LogP contribution in [0.3, 0.4) is 0 Å². The Kier molecular flexibility index (Phi) is 11.8. The molecular formula is C29H40N2O9. The second-order valence-corrected chi connectivity index (χ2v) is 9.71. The Morgan fingerprint density at radius 2 is 1.80 bits per heavy atom. The van der Waals surface area contributed by atoms with E-state index >= 15 is 0 Å². The number of primary amides is 1. The molecule has 1 heterocycles. The van der Waals surface area contributed by atoms with Crippen LogP contribution in [0.25, 0.3) is 6.08 Å². The molecule has 0 unspecified atom stereocenters. The van der Waals surface area contributed by atoms with Gasteiger partial charge in [-0.2, -0.15) is 0 Å². The molecule has 220 valence electrons. The van der Waals surface area contributed by atoms with Crippen molar-refractivity contribution in [2.24, 2.45) is 11.7 Å². The number of ether oxygens (including phenoxy) is 4. The molecular weight excluding hydrogens is 520 g/mol. The Morgan fingerprint density at radius 1 is 1.12 bits per heavy atom. The van der Waals surface area contributed by atoms with Crippen molar-refractivity contribution in [3.8, 4) is 17.2 Å². The fraction of sp³-hybridized carbons (Fsp3) is 0.448. The maximum Gasteiger partial charge on any atom is 0.405 e. The van der Waals surface area contributed by atoms with Gasteiger partial charge in [-0.05, 0) is 38.8 Å². The Balaban J connectivity index is 2.72. The summed E-state index contributed by atoms with van der Waals surface area (Å²) in [6, 6.07) is 1.19. The fourth-order valence-electron chi connectivity index (χ4n) is 4.47. The lowest BCUT2D eigenvalue weighted by atomic mass is 9.91. The number of amides is 2. The zero-order valence-electron chi connectivity index (χ0n) is 23.9. The van der Waals surface area contributed by atoms with Crippen molar-refractivity contribution in [2.75, 3.05) is 26.6 Å². The Hall–Kier alpha value is -3.80. The summed E-state index contributed by atoms with van der Waals surface area (Å²) in [7, 11) is 4.25. The molecule has 11 heteroatoms. The maximum atomic E-state index is 12.9. The van der Waals surface area contributed by atoms with Crippen LogP contribution in [0.1, 0.15) is 39.7 Å². The van der Waals surface area contributed by atoms with Gasteiger partial charge < -0.3 is 45.3 Å². The average molecular weight is 561 g/mol. The van der Waals surface area contributed by atoms with Crippen LogP contribution in [0.4, 0.5) is 10.5 Å². The number of carbonyl (C=O) groups is 2. The van der Waals surface area contributed by atoms with Crippen LogP contribution in [0.2, 0.25) is 0 Å². The zero-order chi connectivity index (χ0) is 30.1. The van der Waals surface area contributed by atoms with E-state index in [1.807, 2.05) is 0 Å². The quantitative estimate of drug-likeness (QED) is 0.209. The molecule has 11 nitrogen and oxygen atoms in total. The molecule has 1 aromatic carbocycles. The first-order valence-corrected chi connectivity index (χ1v) is 12.7. The highest BCUT2D eigenvalue weighted by Crippen LogP contribution is 2.43. The Bertz CT molecular complexity index is 1200. The smallest absolute Gasteiger partial charge is 0.405 e. The predicted molar refractivity (Wildman–Crippen MR) is 151 cm³/mol. The van der Waals surface area contributed by atoms with E-state index in [1.54, 1.807) is 52.0 Å². The van der Waals surface area contributed by atoms with E-state index in [2.05, 4.69) is 5.32 Å². The highest BCUT2D eigenvalue weighted by molar-refractivity contribution is 6.05. The minimum atomic E-state index is -0.998. The third-order valence-electron chi connectivity index (χ3n) is 6.65. The molecule has 0 saturated heterocycles. The molecule has 2 rings (SSSR count). The van der Waals surface area contributed by atoms with Crippen molar-refractivity contribution in [2.45, 2.75) is 58.5 Å². The minimum Gasteiger partial charge on any atom is -0.505 e. The van der Waals surface area contributed by atoms with Crippen molar-refractivity contribution in [1.29, 1.82) is 0 Å². The summed E-state index contributed by atoms with van der Waals surface area (Å²) >= 11 is 0. The number of methoxy groups -OCH3 is 3. The number of nitrogens with two attached hydrogens (primary N) is 1. The molecule has 2 amide bonds. The van der Waals surface area contributed by atoms with E-state index in [0.29, 0.717) is 11.1 Å². The van der Waals surface area contributed by atoms with Gasteiger partial charge in [-0.15, -0.1) is 0 Å². The first-order chi connectivity index (χ1) is 18.8. The third-order valence-corrected chi connectivity index (χ3v) is 6.65. The zero-order valence-corrected chi connectivity index (χ0v) is 23.9. The first-order valence-electron chi connectivity index (χ1n) is 12.7. The third kappa shape index (κ3) is 8.10. The molecule has 1 aromatic rings. The number of aromatic hydroxyl groups is 2. The van der Waals surface area contributed by atoms with Gasteiger partial charge in [0.1, 0.15) is 11.9 Å². The fourth-order valence-corrected chi connectivity index (χ4v) is 4.47. The molecule has 5 atom stereocenters. The lowest BCUT2D eigenvalue weighted by molar-refractivity contribution is -0.112. The number of benzene rings is 1. The molecule has 0 spiro atoms. The SMILES string of the molecule is COc1c(O)cc2c(O)c1/C=C(/C)C[C@H](OC)[C@H](O)[C@@H](C)C=C(C)[C@H](OC(N)=O)[C@@H](OC)/C=C\C=C(/C)C(=O)N2. The van der Waals surface area contributed by atoms with Crippen LogP contribution in [-0.4, -0.2) is 73.1 Å². The summed E-state index contributed by atoms with van der Waals surface area (Å²) in [5.41, 5.74) is 6.98. The molecule has 0 aliphatic carbocycles. The van der Waals surface area contributed by atoms with Gasteiger partial charge in [0.25, 0.3) is 5.91 Å². The van der Waals surface area contributed by atoms with Crippen LogP contribution in [0.15, 0.2) is 47.1 Å². The van der Waals surface area contributed by atoms with E-state index < -0.39 is 42.3 Å². The van der Waals surface area contributed by atoms with E-state index in [1.165, 1.54) is 33.5 Å². The van der Waals surface area contributed by atoms with Gasteiger partial charge in [-0.25, -0.2) is 4.79 Å². The maximum absolute atomic E-state index is 12.9. The van der Waals surface area contributed by atoms with E-state index in [4.69, 9.17) is 24.7 Å². The van der Waals surface area contributed by atoms with Crippen LogP contribution in [-0.2, 0) is 19.0 Å². The molecule has 0 aromatic heterocycles. The molecule has 6 N–H and O–H groups in total. The number of fused-ring (bicyclic) bond motifs is 2. The number of carbonyl (C=O) groups excluding carboxylic acids is 2.